The summed E-state index contributed by atoms with van der Waals surface area (Å²) in [6.45, 7) is 0. The first-order chi connectivity index (χ1) is 9.75. The molecule has 0 fully saturated rings. The van der Waals surface area contributed by atoms with Gasteiger partial charge in [-0.2, -0.15) is 0 Å². The van der Waals surface area contributed by atoms with E-state index in [9.17, 15) is 0 Å². The Morgan fingerprint density at radius 3 is 2.40 bits per heavy atom. The van der Waals surface area contributed by atoms with E-state index in [4.69, 9.17) is 17.3 Å². The Balaban J connectivity index is 1.93. The first-order valence-electron chi connectivity index (χ1n) is 6.14. The summed E-state index contributed by atoms with van der Waals surface area (Å²) < 4.78 is 0. The number of benzene rings is 2. The smallest absolute Gasteiger partial charge is 0.149 e. The summed E-state index contributed by atoms with van der Waals surface area (Å²) in [5.74, 6) is 0. The SMILES string of the molecule is NC(c1ccccc1)c1nnc(-c2ccccc2Cl)s1. The van der Waals surface area contributed by atoms with E-state index < -0.39 is 0 Å². The van der Waals surface area contributed by atoms with E-state index in [0.29, 0.717) is 5.02 Å². The zero-order valence-electron chi connectivity index (χ0n) is 10.5. The molecule has 3 nitrogen and oxygen atoms in total. The van der Waals surface area contributed by atoms with Crippen molar-refractivity contribution in [1.82, 2.24) is 10.2 Å². The summed E-state index contributed by atoms with van der Waals surface area (Å²) in [4.78, 5) is 0. The molecule has 1 unspecified atom stereocenters. The Bertz CT molecular complexity index is 712. The Kier molecular flexibility index (Phi) is 3.78. The first kappa shape index (κ1) is 13.2. The lowest BCUT2D eigenvalue weighted by atomic mass is 10.1. The van der Waals surface area contributed by atoms with E-state index in [0.717, 1.165) is 21.1 Å². The van der Waals surface area contributed by atoms with Crippen LogP contribution < -0.4 is 5.73 Å². The molecule has 0 amide bonds. The molecule has 0 bridgehead atoms. The number of aromatic nitrogens is 2. The molecule has 20 heavy (non-hydrogen) atoms. The van der Waals surface area contributed by atoms with Gasteiger partial charge < -0.3 is 5.73 Å². The van der Waals surface area contributed by atoms with Gasteiger partial charge in [0.1, 0.15) is 10.0 Å². The quantitative estimate of drug-likeness (QED) is 0.798. The highest BCUT2D eigenvalue weighted by Gasteiger charge is 2.16. The second-order valence-corrected chi connectivity index (χ2v) is 5.73. The van der Waals surface area contributed by atoms with Crippen LogP contribution in [0, 0.1) is 0 Å². The topological polar surface area (TPSA) is 51.8 Å². The predicted molar refractivity (Wildman–Crippen MR) is 82.8 cm³/mol. The van der Waals surface area contributed by atoms with E-state index in [1.54, 1.807) is 0 Å². The minimum Gasteiger partial charge on any atom is -0.318 e. The number of nitrogens with two attached hydrogens (primary N) is 1. The molecule has 3 aromatic rings. The maximum absolute atomic E-state index is 6.22. The Hall–Kier alpha value is -1.75. The largest absolute Gasteiger partial charge is 0.318 e. The van der Waals surface area contributed by atoms with Gasteiger partial charge in [-0.25, -0.2) is 0 Å². The molecule has 0 spiro atoms. The third kappa shape index (κ3) is 2.58. The molecular weight excluding hydrogens is 290 g/mol. The number of rotatable bonds is 3. The molecule has 3 rings (SSSR count). The third-order valence-corrected chi connectivity index (χ3v) is 4.34. The maximum Gasteiger partial charge on any atom is 0.149 e. The normalized spacial score (nSPS) is 12.3. The summed E-state index contributed by atoms with van der Waals surface area (Å²) in [5.41, 5.74) is 8.13. The maximum atomic E-state index is 6.22. The van der Waals surface area contributed by atoms with E-state index in [1.807, 2.05) is 54.6 Å². The molecule has 1 aromatic heterocycles. The van der Waals surface area contributed by atoms with Gasteiger partial charge in [0.2, 0.25) is 0 Å². The van der Waals surface area contributed by atoms with Crippen LogP contribution in [0.3, 0.4) is 0 Å². The third-order valence-electron chi connectivity index (χ3n) is 2.97. The van der Waals surface area contributed by atoms with Crippen LogP contribution in [-0.2, 0) is 0 Å². The lowest BCUT2D eigenvalue weighted by molar-refractivity contribution is 0.831. The summed E-state index contributed by atoms with van der Waals surface area (Å²) in [6.07, 6.45) is 0. The highest BCUT2D eigenvalue weighted by molar-refractivity contribution is 7.14. The molecule has 0 radical (unpaired) electrons. The van der Waals surface area contributed by atoms with Gasteiger partial charge in [-0.1, -0.05) is 71.5 Å². The molecule has 2 aromatic carbocycles. The summed E-state index contributed by atoms with van der Waals surface area (Å²) in [5, 5.41) is 10.6. The van der Waals surface area contributed by atoms with Crippen LogP contribution in [0.2, 0.25) is 5.02 Å². The lowest BCUT2D eigenvalue weighted by Crippen LogP contribution is -2.11. The molecule has 1 heterocycles. The summed E-state index contributed by atoms with van der Waals surface area (Å²) in [7, 11) is 0. The average molecular weight is 302 g/mol. The minimum atomic E-state index is -0.259. The number of hydrogen-bond acceptors (Lipinski definition) is 4. The molecule has 2 N–H and O–H groups in total. The van der Waals surface area contributed by atoms with E-state index in [-0.39, 0.29) is 6.04 Å². The highest BCUT2D eigenvalue weighted by Crippen LogP contribution is 2.32. The van der Waals surface area contributed by atoms with Crippen LogP contribution in [0.25, 0.3) is 10.6 Å². The van der Waals surface area contributed by atoms with Gasteiger partial charge in [0.15, 0.2) is 0 Å². The molecule has 0 aliphatic heterocycles. The van der Waals surface area contributed by atoms with Crippen LogP contribution in [0.1, 0.15) is 16.6 Å². The summed E-state index contributed by atoms with van der Waals surface area (Å²) >= 11 is 7.64. The predicted octanol–water partition coefficient (Wildman–Crippen LogP) is 3.91. The van der Waals surface area contributed by atoms with Gasteiger partial charge in [0, 0.05) is 5.56 Å². The Labute approximate surface area is 126 Å². The second-order valence-electron chi connectivity index (χ2n) is 4.31. The summed E-state index contributed by atoms with van der Waals surface area (Å²) in [6, 6.07) is 17.2. The van der Waals surface area contributed by atoms with E-state index in [1.165, 1.54) is 11.3 Å². The van der Waals surface area contributed by atoms with E-state index in [2.05, 4.69) is 10.2 Å². The number of halogens is 1. The molecule has 5 heteroatoms. The van der Waals surface area contributed by atoms with Crippen molar-refractivity contribution in [2.24, 2.45) is 5.73 Å². The van der Waals surface area contributed by atoms with Crippen LogP contribution in [-0.4, -0.2) is 10.2 Å². The second kappa shape index (κ2) is 5.71. The van der Waals surface area contributed by atoms with Crippen LogP contribution >= 0.6 is 22.9 Å². The van der Waals surface area contributed by atoms with Crippen LogP contribution in [0.15, 0.2) is 54.6 Å². The number of nitrogens with zero attached hydrogens (tertiary/aromatic N) is 2. The van der Waals surface area contributed by atoms with Gasteiger partial charge >= 0.3 is 0 Å². The minimum absolute atomic E-state index is 0.259. The van der Waals surface area contributed by atoms with Gasteiger partial charge in [-0.3, -0.25) is 0 Å². The van der Waals surface area contributed by atoms with Crippen molar-refractivity contribution in [3.8, 4) is 10.6 Å². The monoisotopic (exact) mass is 301 g/mol. The van der Waals surface area contributed by atoms with Crippen molar-refractivity contribution in [3.05, 3.63) is 70.2 Å². The van der Waals surface area contributed by atoms with Crippen molar-refractivity contribution in [2.75, 3.05) is 0 Å². The van der Waals surface area contributed by atoms with Gasteiger partial charge in [0.05, 0.1) is 11.1 Å². The van der Waals surface area contributed by atoms with Crippen molar-refractivity contribution < 1.29 is 0 Å². The number of hydrogen-bond donors (Lipinski definition) is 1. The van der Waals surface area contributed by atoms with Crippen LogP contribution in [0.5, 0.6) is 0 Å². The van der Waals surface area contributed by atoms with Crippen molar-refractivity contribution >= 4 is 22.9 Å². The zero-order valence-corrected chi connectivity index (χ0v) is 12.1. The Morgan fingerprint density at radius 1 is 0.950 bits per heavy atom. The van der Waals surface area contributed by atoms with Gasteiger partial charge in [-0.05, 0) is 11.6 Å². The van der Waals surface area contributed by atoms with E-state index >= 15 is 0 Å². The van der Waals surface area contributed by atoms with Gasteiger partial charge in [-0.15, -0.1) is 10.2 Å². The van der Waals surface area contributed by atoms with Crippen LogP contribution in [0.4, 0.5) is 0 Å². The molecule has 0 aliphatic carbocycles. The standard InChI is InChI=1S/C15H12ClN3S/c16-12-9-5-4-8-11(12)14-18-19-15(20-14)13(17)10-6-2-1-3-7-10/h1-9,13H,17H2. The molecule has 1 atom stereocenters. The molecule has 100 valence electrons. The lowest BCUT2D eigenvalue weighted by Gasteiger charge is -2.07. The Morgan fingerprint density at radius 2 is 1.65 bits per heavy atom. The van der Waals surface area contributed by atoms with Crippen molar-refractivity contribution in [3.63, 3.8) is 0 Å². The fourth-order valence-corrected chi connectivity index (χ4v) is 3.10. The zero-order chi connectivity index (χ0) is 13.9. The molecule has 0 aliphatic rings. The molecular formula is C15H12ClN3S. The highest BCUT2D eigenvalue weighted by atomic mass is 35.5. The first-order valence-corrected chi connectivity index (χ1v) is 7.34. The van der Waals surface area contributed by atoms with Crippen molar-refractivity contribution in [2.45, 2.75) is 6.04 Å². The van der Waals surface area contributed by atoms with Crippen molar-refractivity contribution in [1.29, 1.82) is 0 Å². The average Bonchev–Trinajstić information content (AvgIpc) is 2.97. The van der Waals surface area contributed by atoms with Gasteiger partial charge in [0.25, 0.3) is 0 Å². The fourth-order valence-electron chi connectivity index (χ4n) is 1.91. The molecule has 0 saturated heterocycles. The fraction of sp³-hybridized carbons (Fsp3) is 0.0667. The molecule has 0 saturated carbocycles.